The van der Waals surface area contributed by atoms with Crippen molar-refractivity contribution in [2.75, 3.05) is 13.1 Å². The second-order valence-electron chi connectivity index (χ2n) is 7.08. The van der Waals surface area contributed by atoms with Gasteiger partial charge in [-0.2, -0.15) is 0 Å². The molecule has 28 heavy (non-hydrogen) atoms. The normalized spacial score (nSPS) is 15.5. The predicted molar refractivity (Wildman–Crippen MR) is 114 cm³/mol. The summed E-state index contributed by atoms with van der Waals surface area (Å²) < 4.78 is 2.86. The molecule has 142 valence electrons. The first-order valence-corrected chi connectivity index (χ1v) is 10.5. The van der Waals surface area contributed by atoms with Crippen LogP contribution in [0.5, 0.6) is 0 Å². The van der Waals surface area contributed by atoms with Crippen LogP contribution >= 0.6 is 22.9 Å². The molecule has 0 radical (unpaired) electrons. The molecule has 5 nitrogen and oxygen atoms in total. The Balaban J connectivity index is 1.38. The van der Waals surface area contributed by atoms with Gasteiger partial charge < -0.3 is 9.88 Å². The monoisotopic (exact) mass is 411 g/mol. The molecule has 3 heterocycles. The van der Waals surface area contributed by atoms with Crippen LogP contribution in [-0.2, 0) is 0 Å². The van der Waals surface area contributed by atoms with Crippen molar-refractivity contribution >= 4 is 50.0 Å². The molecular formula is C21H18ClN3O2S. The zero-order valence-corrected chi connectivity index (χ0v) is 16.6. The third-order valence-corrected chi connectivity index (χ3v) is 7.13. The SMILES string of the molecule is O=C(c1sc2ccccc2c1Cl)N1CCC(n2c(=O)[nH]c3ccccc32)CC1. The zero-order valence-electron chi connectivity index (χ0n) is 15.0. The summed E-state index contributed by atoms with van der Waals surface area (Å²) in [5, 5.41) is 1.47. The number of likely N-dealkylation sites (tertiary alicyclic amines) is 1. The molecule has 0 spiro atoms. The molecule has 0 saturated carbocycles. The number of carbonyl (C=O) groups excluding carboxylic acids is 1. The number of nitrogens with zero attached hydrogens (tertiary/aromatic N) is 2. The number of rotatable bonds is 2. The number of fused-ring (bicyclic) bond motifs is 2. The summed E-state index contributed by atoms with van der Waals surface area (Å²) in [6.45, 7) is 1.22. The molecule has 0 unspecified atom stereocenters. The van der Waals surface area contributed by atoms with Crippen LogP contribution in [-0.4, -0.2) is 33.4 Å². The molecule has 2 aromatic heterocycles. The number of carbonyl (C=O) groups is 1. The average molecular weight is 412 g/mol. The highest BCUT2D eigenvalue weighted by molar-refractivity contribution is 7.21. The predicted octanol–water partition coefficient (Wildman–Crippen LogP) is 4.68. The molecule has 4 aromatic rings. The molecule has 1 N–H and O–H groups in total. The number of hydrogen-bond acceptors (Lipinski definition) is 3. The Morgan fingerprint density at radius 3 is 2.57 bits per heavy atom. The van der Waals surface area contributed by atoms with Gasteiger partial charge >= 0.3 is 5.69 Å². The summed E-state index contributed by atoms with van der Waals surface area (Å²) in [4.78, 5) is 30.8. The summed E-state index contributed by atoms with van der Waals surface area (Å²) in [7, 11) is 0. The smallest absolute Gasteiger partial charge is 0.326 e. The first-order valence-electron chi connectivity index (χ1n) is 9.29. The number of piperidine rings is 1. The number of thiophene rings is 1. The van der Waals surface area contributed by atoms with E-state index in [-0.39, 0.29) is 17.6 Å². The van der Waals surface area contributed by atoms with Crippen molar-refractivity contribution < 1.29 is 4.79 Å². The fraction of sp³-hybridized carbons (Fsp3) is 0.238. The number of hydrogen-bond donors (Lipinski definition) is 1. The summed E-state index contributed by atoms with van der Waals surface area (Å²) in [5.41, 5.74) is 1.69. The van der Waals surface area contributed by atoms with Crippen LogP contribution in [0.15, 0.2) is 53.3 Å². The molecule has 1 aliphatic heterocycles. The number of aromatic nitrogens is 2. The first-order chi connectivity index (χ1) is 13.6. The topological polar surface area (TPSA) is 58.1 Å². The van der Waals surface area contributed by atoms with Gasteiger partial charge in [-0.15, -0.1) is 11.3 Å². The Bertz CT molecular complexity index is 1250. The minimum atomic E-state index is -0.0847. The Hall–Kier alpha value is -2.57. The quantitative estimate of drug-likeness (QED) is 0.520. The lowest BCUT2D eigenvalue weighted by molar-refractivity contribution is 0.0700. The van der Waals surface area contributed by atoms with E-state index in [1.54, 1.807) is 0 Å². The van der Waals surface area contributed by atoms with E-state index in [9.17, 15) is 9.59 Å². The molecule has 0 atom stereocenters. The van der Waals surface area contributed by atoms with Crippen molar-refractivity contribution in [2.45, 2.75) is 18.9 Å². The van der Waals surface area contributed by atoms with E-state index in [0.29, 0.717) is 23.0 Å². The van der Waals surface area contributed by atoms with Gasteiger partial charge in [0.25, 0.3) is 5.91 Å². The maximum atomic E-state index is 13.0. The largest absolute Gasteiger partial charge is 0.338 e. The van der Waals surface area contributed by atoms with E-state index in [4.69, 9.17) is 11.6 Å². The van der Waals surface area contributed by atoms with Gasteiger partial charge in [-0.1, -0.05) is 41.9 Å². The summed E-state index contributed by atoms with van der Waals surface area (Å²) >= 11 is 7.93. The van der Waals surface area contributed by atoms with Gasteiger partial charge in [-0.3, -0.25) is 9.36 Å². The van der Waals surface area contributed by atoms with Crippen LogP contribution in [0.2, 0.25) is 5.02 Å². The number of aromatic amines is 1. The van der Waals surface area contributed by atoms with E-state index in [1.807, 2.05) is 58.0 Å². The molecule has 1 saturated heterocycles. The van der Waals surface area contributed by atoms with Crippen LogP contribution in [0.4, 0.5) is 0 Å². The van der Waals surface area contributed by atoms with Gasteiger partial charge in [-0.25, -0.2) is 4.79 Å². The van der Waals surface area contributed by atoms with Crippen molar-refractivity contribution in [2.24, 2.45) is 0 Å². The highest BCUT2D eigenvalue weighted by Gasteiger charge is 2.28. The molecular weight excluding hydrogens is 394 g/mol. The van der Waals surface area contributed by atoms with Crippen LogP contribution in [0.1, 0.15) is 28.6 Å². The van der Waals surface area contributed by atoms with Gasteiger partial charge in [0.15, 0.2) is 0 Å². The Morgan fingerprint density at radius 1 is 1.07 bits per heavy atom. The average Bonchev–Trinajstić information content (AvgIpc) is 3.24. The van der Waals surface area contributed by atoms with Gasteiger partial charge in [-0.05, 0) is 31.0 Å². The third-order valence-electron chi connectivity index (χ3n) is 5.47. The Morgan fingerprint density at radius 2 is 1.79 bits per heavy atom. The number of H-pyrrole nitrogens is 1. The zero-order chi connectivity index (χ0) is 19.3. The standard InChI is InChI=1S/C21H18ClN3O2S/c22-18-14-5-1-4-8-17(14)28-19(18)20(26)24-11-9-13(10-12-24)25-16-7-3-2-6-15(16)23-21(25)27/h1-8,13H,9-12H2,(H,23,27). The van der Waals surface area contributed by atoms with Crippen molar-refractivity contribution in [3.05, 3.63) is 68.9 Å². The van der Waals surface area contributed by atoms with E-state index >= 15 is 0 Å². The second-order valence-corrected chi connectivity index (χ2v) is 8.51. The van der Waals surface area contributed by atoms with E-state index in [0.717, 1.165) is 34.0 Å². The van der Waals surface area contributed by atoms with Crippen LogP contribution in [0.3, 0.4) is 0 Å². The third kappa shape index (κ3) is 2.75. The minimum absolute atomic E-state index is 0.0177. The van der Waals surface area contributed by atoms with E-state index < -0.39 is 0 Å². The maximum absolute atomic E-state index is 13.0. The van der Waals surface area contributed by atoms with Crippen LogP contribution < -0.4 is 5.69 Å². The Kier molecular flexibility index (Phi) is 4.25. The maximum Gasteiger partial charge on any atom is 0.326 e. The number of benzene rings is 2. The summed E-state index contributed by atoms with van der Waals surface area (Å²) in [6.07, 6.45) is 1.49. The molecule has 2 aromatic carbocycles. The highest BCUT2D eigenvalue weighted by atomic mass is 35.5. The Labute approximate surface area is 170 Å². The van der Waals surface area contributed by atoms with Gasteiger partial charge in [0.2, 0.25) is 0 Å². The molecule has 1 amide bonds. The van der Waals surface area contributed by atoms with E-state index in [2.05, 4.69) is 4.98 Å². The molecule has 0 bridgehead atoms. The first kappa shape index (κ1) is 17.5. The minimum Gasteiger partial charge on any atom is -0.338 e. The number of amides is 1. The van der Waals surface area contributed by atoms with Crippen molar-refractivity contribution in [1.82, 2.24) is 14.5 Å². The molecule has 0 aliphatic carbocycles. The number of imidazole rings is 1. The lowest BCUT2D eigenvalue weighted by atomic mass is 10.0. The van der Waals surface area contributed by atoms with Gasteiger partial charge in [0.05, 0.1) is 16.1 Å². The number of halogens is 1. The fourth-order valence-corrected chi connectivity index (χ4v) is 5.54. The van der Waals surface area contributed by atoms with E-state index in [1.165, 1.54) is 11.3 Å². The number of para-hydroxylation sites is 2. The van der Waals surface area contributed by atoms with Crippen LogP contribution in [0, 0.1) is 0 Å². The van der Waals surface area contributed by atoms with Crippen molar-refractivity contribution in [3.63, 3.8) is 0 Å². The summed E-state index contributed by atoms with van der Waals surface area (Å²) in [5.74, 6) is -0.0177. The lowest BCUT2D eigenvalue weighted by Gasteiger charge is -2.32. The van der Waals surface area contributed by atoms with Gasteiger partial charge in [0.1, 0.15) is 4.88 Å². The summed E-state index contributed by atoms with van der Waals surface area (Å²) in [6, 6.07) is 15.6. The number of nitrogens with one attached hydrogen (secondary N) is 1. The van der Waals surface area contributed by atoms with Crippen molar-refractivity contribution in [1.29, 1.82) is 0 Å². The van der Waals surface area contributed by atoms with Crippen LogP contribution in [0.25, 0.3) is 21.1 Å². The molecule has 5 rings (SSSR count). The second kappa shape index (κ2) is 6.79. The van der Waals surface area contributed by atoms with Crippen molar-refractivity contribution in [3.8, 4) is 0 Å². The fourth-order valence-electron chi connectivity index (χ4n) is 4.06. The molecule has 1 aliphatic rings. The lowest BCUT2D eigenvalue weighted by Crippen LogP contribution is -2.40. The molecule has 1 fully saturated rings. The van der Waals surface area contributed by atoms with Gasteiger partial charge in [0, 0.05) is 29.2 Å². The molecule has 7 heteroatoms. The highest BCUT2D eigenvalue weighted by Crippen LogP contribution is 2.36.